The first-order chi connectivity index (χ1) is 66.8. The Morgan fingerprint density at radius 2 is 0.889 bits per heavy atom. The van der Waals surface area contributed by atoms with Crippen molar-refractivity contribution in [3.05, 3.63) is 197 Å². The number of carbonyl (C=O) groups excluding carboxylic acids is 7. The Bertz CT molecular complexity index is 5880. The number of hydrogen-bond acceptors (Lipinski definition) is 29. The van der Waals surface area contributed by atoms with Gasteiger partial charge >= 0.3 is 66.9 Å². The third-order valence-corrected chi connectivity index (χ3v) is 23.1. The van der Waals surface area contributed by atoms with E-state index >= 15 is 0 Å². The molecular formula is C98H130B2Br3Cl3F2N20NaO15. The van der Waals surface area contributed by atoms with Gasteiger partial charge in [-0.15, -0.1) is 0 Å². The summed E-state index contributed by atoms with van der Waals surface area (Å²) in [5, 5.41) is 19.9. The molecule has 775 valence electrons. The molecule has 3 amide bonds. The number of ether oxygens (including phenoxy) is 3. The van der Waals surface area contributed by atoms with Gasteiger partial charge in [-0.05, 0) is 240 Å². The maximum absolute atomic E-state index is 13.9. The van der Waals surface area contributed by atoms with Crippen LogP contribution in [0.5, 0.6) is 0 Å². The molecular weight excluding hydrogens is 2130 g/mol. The Labute approximate surface area is 905 Å². The smallest absolute Gasteiger partial charge is 0.793 e. The van der Waals surface area contributed by atoms with E-state index in [0.717, 1.165) is 150 Å². The maximum Gasteiger partial charge on any atom is 1.00 e. The Morgan fingerprint density at radius 3 is 1.26 bits per heavy atom. The van der Waals surface area contributed by atoms with E-state index in [9.17, 15) is 42.3 Å². The Morgan fingerprint density at radius 1 is 0.507 bits per heavy atom. The van der Waals surface area contributed by atoms with Crippen molar-refractivity contribution in [2.45, 2.75) is 211 Å². The van der Waals surface area contributed by atoms with Crippen molar-refractivity contribution in [3.63, 3.8) is 0 Å². The molecule has 11 aromatic rings. The largest absolute Gasteiger partial charge is 1.00 e. The van der Waals surface area contributed by atoms with Crippen molar-refractivity contribution < 1.29 is 110 Å². The monoisotopic (exact) mass is 2250 g/mol. The number of aryl methyl sites for hydroxylation is 3. The number of nitrogens with one attached hydrogen (secondary N) is 1. The first-order valence-corrected chi connectivity index (χ1v) is 49.4. The van der Waals surface area contributed by atoms with Crippen LogP contribution in [0.25, 0.3) is 44.0 Å². The molecule has 0 unspecified atom stereocenters. The number of pyridine rings is 3. The number of nitrogens with two attached hydrogens (primary N) is 1. The molecule has 4 aliphatic heterocycles. The molecule has 12 heterocycles. The second-order valence-electron chi connectivity index (χ2n) is 37.9. The van der Waals surface area contributed by atoms with Gasteiger partial charge < -0.3 is 62.0 Å². The molecule has 144 heavy (non-hydrogen) atoms. The van der Waals surface area contributed by atoms with Crippen LogP contribution in [0, 0.1) is 11.6 Å². The minimum atomic E-state index is -0.666. The minimum absolute atomic E-state index is 0. The fourth-order valence-corrected chi connectivity index (χ4v) is 15.2. The van der Waals surface area contributed by atoms with Gasteiger partial charge in [0.2, 0.25) is 16.5 Å². The van der Waals surface area contributed by atoms with Crippen LogP contribution < -0.4 is 46.1 Å². The molecule has 35 nitrogen and oxygen atoms in total. The molecule has 4 aliphatic rings. The van der Waals surface area contributed by atoms with Crippen LogP contribution >= 0.6 is 82.6 Å². The molecule has 0 spiro atoms. The van der Waals surface area contributed by atoms with Crippen LogP contribution in [0.4, 0.5) is 29.0 Å². The zero-order chi connectivity index (χ0) is 107. The number of hydrogen-bond donors (Lipinski definition) is 2. The van der Waals surface area contributed by atoms with E-state index in [1.165, 1.54) is 40.8 Å². The van der Waals surface area contributed by atoms with Gasteiger partial charge in [0.15, 0.2) is 23.1 Å². The molecule has 4 fully saturated rings. The molecule has 15 rings (SSSR count). The summed E-state index contributed by atoms with van der Waals surface area (Å²) in [7, 11) is 9.92. The van der Waals surface area contributed by atoms with E-state index in [4.69, 9.17) is 64.1 Å². The quantitative estimate of drug-likeness (QED) is 0.0188. The number of anilines is 1. The second kappa shape index (κ2) is 58.3. The summed E-state index contributed by atoms with van der Waals surface area (Å²) in [5.41, 5.74) is 15.1. The molecule has 0 bridgehead atoms. The van der Waals surface area contributed by atoms with Crippen molar-refractivity contribution in [3.8, 4) is 11.3 Å². The minimum Gasteiger partial charge on any atom is -0.793 e. The molecule has 0 aliphatic carbocycles. The molecule has 3 N–H and O–H groups in total. The van der Waals surface area contributed by atoms with Gasteiger partial charge in [0.25, 0.3) is 0 Å². The molecule has 0 saturated carbocycles. The van der Waals surface area contributed by atoms with Gasteiger partial charge in [-0.25, -0.2) is 77.4 Å². The topological polar surface area (TPSA) is 391 Å². The van der Waals surface area contributed by atoms with Gasteiger partial charge in [-0.1, -0.05) is 99.4 Å². The molecule has 4 saturated heterocycles. The van der Waals surface area contributed by atoms with Crippen molar-refractivity contribution in [1.82, 2.24) is 94.0 Å². The number of aldehydes is 1. The van der Waals surface area contributed by atoms with Gasteiger partial charge in [0.1, 0.15) is 37.5 Å². The van der Waals surface area contributed by atoms with E-state index < -0.39 is 40.7 Å². The number of nitrogens with zero attached hydrogens (tertiary/aromatic N) is 18. The number of halogens is 8. The Hall–Kier alpha value is -9.53. The van der Waals surface area contributed by atoms with Crippen LogP contribution in [0.1, 0.15) is 209 Å². The van der Waals surface area contributed by atoms with Crippen LogP contribution in [0.15, 0.2) is 136 Å². The number of rotatable bonds is 10. The van der Waals surface area contributed by atoms with Crippen LogP contribution in [-0.2, 0) is 86.6 Å². The van der Waals surface area contributed by atoms with E-state index in [-0.39, 0.29) is 93.2 Å². The van der Waals surface area contributed by atoms with E-state index in [1.807, 2.05) is 146 Å². The summed E-state index contributed by atoms with van der Waals surface area (Å²) >= 11 is 26.2. The fourth-order valence-electron chi connectivity index (χ4n) is 14.0. The normalized spacial score (nSPS) is 14.3. The third kappa shape index (κ3) is 42.4. The molecule has 8 aromatic heterocycles. The summed E-state index contributed by atoms with van der Waals surface area (Å²) in [6.07, 6.45) is 7.31. The predicted octanol–water partition coefficient (Wildman–Crippen LogP) is 16.1. The molecule has 0 atom stereocenters. The first-order valence-electron chi connectivity index (χ1n) is 45.9. The number of carbonyl (C=O) groups is 7. The number of piperazine rings is 3. The summed E-state index contributed by atoms with van der Waals surface area (Å²) in [6, 6.07) is 29.3. The van der Waals surface area contributed by atoms with E-state index in [2.05, 4.69) is 235 Å². The number of fused-ring (bicyclic) bond motifs is 3. The fraction of sp³-hybridized carbons (Fsp3) is 0.480. The summed E-state index contributed by atoms with van der Waals surface area (Å²) in [6.45, 7) is 52.9. The number of nitrogen functional groups attached to an aromatic ring is 1. The van der Waals surface area contributed by atoms with Crippen molar-refractivity contribution in [2.75, 3.05) is 84.3 Å². The summed E-state index contributed by atoms with van der Waals surface area (Å²) in [5.74, 6) is -1.13. The average Bonchev–Trinajstić information content (AvgIpc) is 1.61. The SMILES string of the molecule is CC(=O)OOC(C)=O.CC(C)(C)OC(=O)N1CCN(Cc2ccc(Br)nc2)CC1.CC(C)(C)OC(=O)N1CCN(Cc2ccc(N)nc2)CC1.CC(C)(C)OC(=O)N1CCNCC1.CC(C)c1c2cc(-c3nc(Cl)ncc3F)ccc2nn1C.CC(C)c1c2cc(B3OC(C)(C)C(C)(C)O3)ccc2nn1C.CC(C)c1c2cc(Br)ccc2nn1C.Fc1cnc(Cl)nc1Cl.O=Cc1ccc(Br)nc1.[B-]OC(C)=O.[Na+]. The van der Waals surface area contributed by atoms with Crippen molar-refractivity contribution >= 4 is 184 Å². The number of benzene rings is 3. The van der Waals surface area contributed by atoms with Crippen LogP contribution in [0.3, 0.4) is 0 Å². The summed E-state index contributed by atoms with van der Waals surface area (Å²) < 4.78 is 66.6. The Balaban J connectivity index is 0.000000289. The third-order valence-electron chi connectivity index (χ3n) is 21.0. The first kappa shape index (κ1) is 125. The van der Waals surface area contributed by atoms with E-state index in [1.54, 1.807) is 39.1 Å². The van der Waals surface area contributed by atoms with Crippen molar-refractivity contribution in [2.24, 2.45) is 21.1 Å². The molecule has 3 radical (unpaired) electrons. The summed E-state index contributed by atoms with van der Waals surface area (Å²) in [4.78, 5) is 119. The predicted molar refractivity (Wildman–Crippen MR) is 562 cm³/mol. The maximum atomic E-state index is 13.9. The van der Waals surface area contributed by atoms with Gasteiger partial charge in [-0.2, -0.15) is 15.3 Å². The van der Waals surface area contributed by atoms with Crippen molar-refractivity contribution in [1.29, 1.82) is 0 Å². The van der Waals surface area contributed by atoms with Gasteiger partial charge in [-0.3, -0.25) is 33.4 Å². The number of aromatic nitrogens is 13. The van der Waals surface area contributed by atoms with Gasteiger partial charge in [0.05, 0.1) is 40.1 Å². The molecule has 46 heteroatoms. The number of amides is 3. The zero-order valence-electron chi connectivity index (χ0n) is 86.7. The van der Waals surface area contributed by atoms with Crippen LogP contribution in [0.2, 0.25) is 15.7 Å². The Kier molecular flexibility index (Phi) is 50.6. The van der Waals surface area contributed by atoms with Gasteiger partial charge in [0, 0.05) is 201 Å². The standard InChI is InChI=1S/C17H25BN2O2.C15H22BrN3O2.C15H14ClFN4.C15H24N4O2.C11H13BrN2.C9H18N2O2.C6H4BrNO.C4HCl2FN2.C4H6O4.C2H3BO2.Na/c1-11(2)15-13-10-12(8-9-14(13)19-20(15)7)18-21-16(3,4)17(5,6)22-18;1-15(2,3)21-14(20)19-8-6-18(7-9-19)11-12-4-5-13(16)17-10-12;1-8(2)14-10-6-9(4-5-12(10)20-21(14)3)13-11(17)7-18-15(16)19-13;1-15(2,3)21-14(20)19-8-6-18(7-9-19)11-12-4-5-13(16)17-10-12;1-7(2)11-9-6-8(12)4-5-10(9)13-14(11)3;1-9(2,3)13-8(12)11-6-4-10-5-7-11;7-6-2-1-5(4-9)3-8-6;5-3-2(7)1-8-4(6)9-3;1-3(5)7-8-4(2)6;1-2(4)5-3;/h8-11H,1-7H3;4-5,10H,6-9,11H2,1-3H3;4-8H,1-3H3;4-5,10H,6-9,11H2,1-3H3,(H2,16,17);4-7H,1-3H3;10H,4-7H2,1-3H3;1-4H;1H;1-2H3;1H3;/q;;;;;;;;;-1;+1. The zero-order valence-corrected chi connectivity index (χ0v) is 95.7. The van der Waals surface area contributed by atoms with Crippen LogP contribution in [-0.4, -0.2) is 253 Å². The second-order valence-corrected chi connectivity index (χ2v) is 41.5. The average molecular weight is 2260 g/mol. The van der Waals surface area contributed by atoms with E-state index in [0.29, 0.717) is 60.9 Å². The molecule has 3 aromatic carbocycles.